The lowest BCUT2D eigenvalue weighted by Crippen LogP contribution is -2.42. The zero-order valence-corrected chi connectivity index (χ0v) is 13.3. The van der Waals surface area contributed by atoms with E-state index in [-0.39, 0.29) is 10.5 Å². The number of nitrogens with one attached hydrogen (secondary N) is 1. The van der Waals surface area contributed by atoms with Gasteiger partial charge in [-0.2, -0.15) is 0 Å². The van der Waals surface area contributed by atoms with Crippen LogP contribution >= 0.6 is 15.9 Å². The van der Waals surface area contributed by atoms with E-state index in [4.69, 9.17) is 5.11 Å². The van der Waals surface area contributed by atoms with Crippen molar-refractivity contribution in [3.63, 3.8) is 0 Å². The Kier molecular flexibility index (Phi) is 4.76. The van der Waals surface area contributed by atoms with E-state index in [9.17, 15) is 13.2 Å². The predicted octanol–water partition coefficient (Wildman–Crippen LogP) is 2.61. The molecule has 0 atom stereocenters. The zero-order chi connectivity index (χ0) is 14.8. The van der Waals surface area contributed by atoms with Crippen LogP contribution in [0.5, 0.6) is 0 Å². The molecule has 0 aliphatic rings. The number of hydrogen-bond donors (Lipinski definition) is 2. The fraction of sp³-hybridized carbons (Fsp3) is 0.417. The summed E-state index contributed by atoms with van der Waals surface area (Å²) in [6, 6.07) is 3.90. The quantitative estimate of drug-likeness (QED) is 0.855. The lowest BCUT2D eigenvalue weighted by atomic mass is 10.0. The van der Waals surface area contributed by atoms with Crippen LogP contribution in [0, 0.1) is 0 Å². The van der Waals surface area contributed by atoms with Gasteiger partial charge >= 0.3 is 5.97 Å². The van der Waals surface area contributed by atoms with Crippen molar-refractivity contribution in [2.75, 3.05) is 0 Å². The molecule has 0 unspecified atom stereocenters. The zero-order valence-electron chi connectivity index (χ0n) is 10.9. The highest BCUT2D eigenvalue weighted by molar-refractivity contribution is 9.10. The van der Waals surface area contributed by atoms with Gasteiger partial charge in [0.15, 0.2) is 0 Å². The minimum atomic E-state index is -3.78. The summed E-state index contributed by atoms with van der Waals surface area (Å²) in [7, 11) is -3.78. The first-order valence-corrected chi connectivity index (χ1v) is 7.93. The second-order valence-corrected chi connectivity index (χ2v) is 7.30. The van der Waals surface area contributed by atoms with Crippen LogP contribution in [-0.2, 0) is 10.0 Å². The predicted molar refractivity (Wildman–Crippen MR) is 75.8 cm³/mol. The lowest BCUT2D eigenvalue weighted by molar-refractivity contribution is 0.0696. The first-order chi connectivity index (χ1) is 8.59. The van der Waals surface area contributed by atoms with Crippen molar-refractivity contribution in [2.24, 2.45) is 0 Å². The summed E-state index contributed by atoms with van der Waals surface area (Å²) in [6.07, 6.45) is 0.614. The van der Waals surface area contributed by atoms with Crippen LogP contribution in [0.4, 0.5) is 0 Å². The molecular formula is C12H16BrNO4S. The van der Waals surface area contributed by atoms with E-state index < -0.39 is 21.5 Å². The molecule has 0 heterocycles. The summed E-state index contributed by atoms with van der Waals surface area (Å²) in [5, 5.41) is 8.91. The Morgan fingerprint density at radius 2 is 2.00 bits per heavy atom. The maximum Gasteiger partial charge on any atom is 0.335 e. The summed E-state index contributed by atoms with van der Waals surface area (Å²) in [6.45, 7) is 5.39. The van der Waals surface area contributed by atoms with E-state index in [0.29, 0.717) is 10.9 Å². The smallest absolute Gasteiger partial charge is 0.335 e. The maximum absolute atomic E-state index is 12.3. The van der Waals surface area contributed by atoms with Gasteiger partial charge < -0.3 is 5.11 Å². The summed E-state index contributed by atoms with van der Waals surface area (Å²) in [4.78, 5) is 10.8. The van der Waals surface area contributed by atoms with Crippen LogP contribution in [0.3, 0.4) is 0 Å². The van der Waals surface area contributed by atoms with Gasteiger partial charge in [-0.05, 0) is 54.4 Å². The molecule has 7 heteroatoms. The van der Waals surface area contributed by atoms with Gasteiger partial charge in [0.25, 0.3) is 0 Å². The van der Waals surface area contributed by atoms with E-state index in [1.165, 1.54) is 12.1 Å². The van der Waals surface area contributed by atoms with Gasteiger partial charge in [-0.3, -0.25) is 0 Å². The molecule has 2 N–H and O–H groups in total. The van der Waals surface area contributed by atoms with Crippen LogP contribution in [0.15, 0.2) is 27.6 Å². The van der Waals surface area contributed by atoms with Gasteiger partial charge in [-0.15, -0.1) is 0 Å². The van der Waals surface area contributed by atoms with Crippen molar-refractivity contribution in [1.29, 1.82) is 0 Å². The van der Waals surface area contributed by atoms with Crippen molar-refractivity contribution in [3.8, 4) is 0 Å². The minimum Gasteiger partial charge on any atom is -0.478 e. The second-order valence-electron chi connectivity index (χ2n) is 4.79. The minimum absolute atomic E-state index is 0.0714. The number of aromatic carboxylic acids is 1. The molecule has 0 aromatic heterocycles. The van der Waals surface area contributed by atoms with Gasteiger partial charge in [-0.1, -0.05) is 6.92 Å². The van der Waals surface area contributed by atoms with Crippen molar-refractivity contribution in [1.82, 2.24) is 4.72 Å². The third kappa shape index (κ3) is 4.02. The van der Waals surface area contributed by atoms with Crippen molar-refractivity contribution >= 4 is 31.9 Å². The molecule has 1 rings (SSSR count). The molecule has 0 radical (unpaired) electrons. The molecule has 0 fully saturated rings. The van der Waals surface area contributed by atoms with E-state index in [1.54, 1.807) is 13.8 Å². The molecule has 0 bridgehead atoms. The SMILES string of the molecule is CCC(C)(C)NS(=O)(=O)c1cc(C(=O)O)ccc1Br. The van der Waals surface area contributed by atoms with Crippen molar-refractivity contribution in [3.05, 3.63) is 28.2 Å². The normalized spacial score (nSPS) is 12.4. The number of halogens is 1. The third-order valence-corrected chi connectivity index (χ3v) is 5.45. The summed E-state index contributed by atoms with van der Waals surface area (Å²) >= 11 is 3.13. The van der Waals surface area contributed by atoms with E-state index in [2.05, 4.69) is 20.7 Å². The molecule has 19 heavy (non-hydrogen) atoms. The van der Waals surface area contributed by atoms with Gasteiger partial charge in [0, 0.05) is 10.0 Å². The topological polar surface area (TPSA) is 83.5 Å². The van der Waals surface area contributed by atoms with Crippen molar-refractivity contribution in [2.45, 2.75) is 37.6 Å². The van der Waals surface area contributed by atoms with E-state index >= 15 is 0 Å². The Labute approximate surface area is 121 Å². The number of carboxylic acid groups (broad SMARTS) is 1. The first-order valence-electron chi connectivity index (χ1n) is 5.66. The largest absolute Gasteiger partial charge is 0.478 e. The highest BCUT2D eigenvalue weighted by Crippen LogP contribution is 2.25. The monoisotopic (exact) mass is 349 g/mol. The summed E-state index contributed by atoms with van der Waals surface area (Å²) in [5.74, 6) is -1.17. The lowest BCUT2D eigenvalue weighted by Gasteiger charge is -2.24. The average Bonchev–Trinajstić information content (AvgIpc) is 2.27. The Morgan fingerprint density at radius 3 is 2.47 bits per heavy atom. The van der Waals surface area contributed by atoms with E-state index in [1.807, 2.05) is 6.92 Å². The molecule has 106 valence electrons. The van der Waals surface area contributed by atoms with Crippen LogP contribution in [0.25, 0.3) is 0 Å². The Balaban J connectivity index is 3.28. The molecule has 5 nitrogen and oxygen atoms in total. The van der Waals surface area contributed by atoms with Gasteiger partial charge in [0.05, 0.1) is 10.5 Å². The maximum atomic E-state index is 12.3. The van der Waals surface area contributed by atoms with Crippen LogP contribution < -0.4 is 4.72 Å². The van der Waals surface area contributed by atoms with Gasteiger partial charge in [-0.25, -0.2) is 17.9 Å². The Bertz CT molecular complexity index is 596. The first kappa shape index (κ1) is 16.1. The number of benzene rings is 1. The van der Waals surface area contributed by atoms with Crippen LogP contribution in [-0.4, -0.2) is 25.0 Å². The molecular weight excluding hydrogens is 334 g/mol. The third-order valence-electron chi connectivity index (χ3n) is 2.76. The van der Waals surface area contributed by atoms with Crippen molar-refractivity contribution < 1.29 is 18.3 Å². The number of carboxylic acids is 1. The van der Waals surface area contributed by atoms with Crippen LogP contribution in [0.2, 0.25) is 0 Å². The summed E-state index contributed by atoms with van der Waals surface area (Å²) < 4.78 is 27.4. The number of rotatable bonds is 5. The number of sulfonamides is 1. The molecule has 0 spiro atoms. The number of carbonyl (C=O) groups is 1. The van der Waals surface area contributed by atoms with Gasteiger partial charge in [0.1, 0.15) is 0 Å². The van der Waals surface area contributed by atoms with Gasteiger partial charge in [0.2, 0.25) is 10.0 Å². The number of hydrogen-bond acceptors (Lipinski definition) is 3. The molecule has 1 aromatic carbocycles. The summed E-state index contributed by atoms with van der Waals surface area (Å²) in [5.41, 5.74) is -0.671. The Morgan fingerprint density at radius 1 is 1.42 bits per heavy atom. The highest BCUT2D eigenvalue weighted by atomic mass is 79.9. The molecule has 0 saturated heterocycles. The molecule has 1 aromatic rings. The highest BCUT2D eigenvalue weighted by Gasteiger charge is 2.26. The molecule has 0 amide bonds. The molecule has 0 aliphatic carbocycles. The molecule has 0 saturated carbocycles. The second kappa shape index (κ2) is 5.60. The Hall–Kier alpha value is -0.920. The molecule has 0 aliphatic heterocycles. The standard InChI is InChI=1S/C12H16BrNO4S/c1-4-12(2,3)14-19(17,18)10-7-8(11(15)16)5-6-9(10)13/h5-7,14H,4H2,1-3H3,(H,15,16). The average molecular weight is 350 g/mol. The van der Waals surface area contributed by atoms with E-state index in [0.717, 1.165) is 6.07 Å². The fourth-order valence-corrected chi connectivity index (χ4v) is 3.81. The fourth-order valence-electron chi connectivity index (χ4n) is 1.33. The van der Waals surface area contributed by atoms with Crippen LogP contribution in [0.1, 0.15) is 37.6 Å².